The fourth-order valence-corrected chi connectivity index (χ4v) is 8.77. The standard InChI is InChI=1S/C39H60N4O4/c1-25(2)16-32(23-41(7)8)42(22-30-14-9-10-15-36(30)45)20-28-12-11-13-29(17-28)21-43-37(33(24-47-43)27(4)44)38(46)40-35-19-31-18-34(26(35)3)39(31,5)6/h9-15,17,25-27,31-35,37,44-45H,16,18-24H2,1-8H3,(H,40,46)/t26-,27-,31+,32-,33-,34-,35-,37-/m0/s1. The van der Waals surface area contributed by atoms with Gasteiger partial charge in [-0.3, -0.25) is 14.5 Å². The number of carbonyl (C=O) groups is 1. The van der Waals surface area contributed by atoms with Crippen LogP contribution in [-0.2, 0) is 29.3 Å². The molecule has 4 aliphatic rings. The van der Waals surface area contributed by atoms with Gasteiger partial charge in [-0.1, -0.05) is 77.1 Å². The van der Waals surface area contributed by atoms with E-state index in [1.807, 2.05) is 18.2 Å². The Morgan fingerprint density at radius 3 is 2.43 bits per heavy atom. The van der Waals surface area contributed by atoms with Crippen molar-refractivity contribution in [1.82, 2.24) is 20.2 Å². The zero-order chi connectivity index (χ0) is 34.0. The molecule has 0 unspecified atom stereocenters. The van der Waals surface area contributed by atoms with Gasteiger partial charge in [0.1, 0.15) is 11.8 Å². The molecule has 47 heavy (non-hydrogen) atoms. The minimum atomic E-state index is -0.657. The highest BCUT2D eigenvalue weighted by Gasteiger charge is 2.57. The summed E-state index contributed by atoms with van der Waals surface area (Å²) in [5.41, 5.74) is 3.52. The molecule has 0 aromatic heterocycles. The van der Waals surface area contributed by atoms with E-state index in [9.17, 15) is 15.0 Å². The fraction of sp³-hybridized carbons (Fsp3) is 0.667. The number of rotatable bonds is 14. The molecule has 2 aromatic rings. The van der Waals surface area contributed by atoms with Crippen molar-refractivity contribution in [1.29, 1.82) is 0 Å². The zero-order valence-electron chi connectivity index (χ0n) is 30.0. The Morgan fingerprint density at radius 2 is 1.79 bits per heavy atom. The Morgan fingerprint density at radius 1 is 1.06 bits per heavy atom. The van der Waals surface area contributed by atoms with E-state index >= 15 is 0 Å². The van der Waals surface area contributed by atoms with Crippen LogP contribution in [0.3, 0.4) is 0 Å². The lowest BCUT2D eigenvalue weighted by Crippen LogP contribution is -2.62. The third-order valence-electron chi connectivity index (χ3n) is 11.6. The molecule has 1 heterocycles. The third-order valence-corrected chi connectivity index (χ3v) is 11.6. The largest absolute Gasteiger partial charge is 0.508 e. The summed E-state index contributed by atoms with van der Waals surface area (Å²) in [4.78, 5) is 24.8. The molecule has 0 radical (unpaired) electrons. The summed E-state index contributed by atoms with van der Waals surface area (Å²) in [6.45, 7) is 16.4. The Kier molecular flexibility index (Phi) is 11.4. The number of aromatic hydroxyl groups is 1. The lowest BCUT2D eigenvalue weighted by atomic mass is 9.45. The highest BCUT2D eigenvalue weighted by molar-refractivity contribution is 5.82. The van der Waals surface area contributed by atoms with Gasteiger partial charge in [0.05, 0.1) is 19.3 Å². The lowest BCUT2D eigenvalue weighted by Gasteiger charge is -2.62. The molecule has 1 aliphatic heterocycles. The molecule has 8 nitrogen and oxygen atoms in total. The molecule has 8 atom stereocenters. The van der Waals surface area contributed by atoms with E-state index in [0.29, 0.717) is 60.6 Å². The van der Waals surface area contributed by atoms with E-state index in [4.69, 9.17) is 4.84 Å². The molecule has 1 amide bonds. The van der Waals surface area contributed by atoms with Gasteiger partial charge in [0.2, 0.25) is 5.91 Å². The maximum absolute atomic E-state index is 13.9. The number of carbonyl (C=O) groups excluding carboxylic acids is 1. The summed E-state index contributed by atoms with van der Waals surface area (Å²) >= 11 is 0. The van der Waals surface area contributed by atoms with Gasteiger partial charge in [0.25, 0.3) is 0 Å². The highest BCUT2D eigenvalue weighted by Crippen LogP contribution is 2.61. The van der Waals surface area contributed by atoms with Crippen LogP contribution in [0.1, 0.15) is 77.5 Å². The van der Waals surface area contributed by atoms with Crippen LogP contribution in [0.25, 0.3) is 0 Å². The summed E-state index contributed by atoms with van der Waals surface area (Å²) in [7, 11) is 4.24. The highest BCUT2D eigenvalue weighted by atomic mass is 16.7. The number of phenolic OH excluding ortho intramolecular Hbond substituents is 1. The summed E-state index contributed by atoms with van der Waals surface area (Å²) in [5.74, 6) is 2.26. The fourth-order valence-electron chi connectivity index (χ4n) is 8.77. The molecular weight excluding hydrogens is 588 g/mol. The normalized spacial score (nSPS) is 28.4. The van der Waals surface area contributed by atoms with Crippen LogP contribution >= 0.6 is 0 Å². The molecule has 260 valence electrons. The topological polar surface area (TPSA) is 88.5 Å². The third kappa shape index (κ3) is 8.22. The number of nitrogens with zero attached hydrogens (tertiary/aromatic N) is 3. The van der Waals surface area contributed by atoms with Gasteiger partial charge >= 0.3 is 0 Å². The van der Waals surface area contributed by atoms with Gasteiger partial charge in [-0.2, -0.15) is 5.06 Å². The van der Waals surface area contributed by atoms with Crippen molar-refractivity contribution in [2.24, 2.45) is 35.0 Å². The second-order valence-electron chi connectivity index (χ2n) is 16.2. The smallest absolute Gasteiger partial charge is 0.240 e. The molecule has 6 rings (SSSR count). The number of para-hydroxylation sites is 1. The molecule has 0 spiro atoms. The number of hydrogen-bond donors (Lipinski definition) is 3. The van der Waals surface area contributed by atoms with Gasteiger partial charge in [0, 0.05) is 43.2 Å². The van der Waals surface area contributed by atoms with Crippen molar-refractivity contribution in [3.63, 3.8) is 0 Å². The molecule has 1 saturated heterocycles. The van der Waals surface area contributed by atoms with Crippen LogP contribution in [-0.4, -0.2) is 82.5 Å². The van der Waals surface area contributed by atoms with Crippen LogP contribution in [0, 0.1) is 35.0 Å². The molecule has 2 bridgehead atoms. The number of aliphatic hydroxyl groups is 1. The summed E-state index contributed by atoms with van der Waals surface area (Å²) < 4.78 is 0. The molecule has 3 aliphatic carbocycles. The molecular formula is C39H60N4O4. The summed E-state index contributed by atoms with van der Waals surface area (Å²) in [6.07, 6.45) is 2.68. The van der Waals surface area contributed by atoms with Gasteiger partial charge in [0.15, 0.2) is 0 Å². The Hall–Kier alpha value is -2.49. The minimum absolute atomic E-state index is 0.0328. The van der Waals surface area contributed by atoms with E-state index in [0.717, 1.165) is 37.1 Å². The number of amides is 1. The summed E-state index contributed by atoms with van der Waals surface area (Å²) in [5, 5.41) is 26.6. The van der Waals surface area contributed by atoms with Gasteiger partial charge in [-0.15, -0.1) is 0 Å². The van der Waals surface area contributed by atoms with Gasteiger partial charge in [-0.25, -0.2) is 0 Å². The quantitative estimate of drug-likeness (QED) is 0.243. The van der Waals surface area contributed by atoms with Crippen molar-refractivity contribution in [3.8, 4) is 5.75 Å². The average molecular weight is 649 g/mol. The monoisotopic (exact) mass is 648 g/mol. The van der Waals surface area contributed by atoms with E-state index < -0.39 is 12.1 Å². The second kappa shape index (κ2) is 15.0. The number of hydrogen-bond acceptors (Lipinski definition) is 7. The van der Waals surface area contributed by atoms with Crippen molar-refractivity contribution >= 4 is 5.91 Å². The predicted octanol–water partition coefficient (Wildman–Crippen LogP) is 5.67. The summed E-state index contributed by atoms with van der Waals surface area (Å²) in [6, 6.07) is 16.1. The first-order valence-electron chi connectivity index (χ1n) is 17.9. The number of aliphatic hydroxyl groups excluding tert-OH is 1. The first-order valence-corrected chi connectivity index (χ1v) is 17.9. The average Bonchev–Trinajstić information content (AvgIpc) is 3.42. The minimum Gasteiger partial charge on any atom is -0.508 e. The number of fused-ring (bicyclic) bond motifs is 2. The molecule has 4 fully saturated rings. The SMILES string of the molecule is CC(C)C[C@@H](CN(C)C)N(Cc1cccc(CN2OC[C@@H]([C@H](C)O)[C@H]2C(=O)N[C@H]2C[C@H]3C[C@@H]([C@@H]2C)C3(C)C)c1)Cc1ccccc1O. The first-order chi connectivity index (χ1) is 22.2. The van der Waals surface area contributed by atoms with Crippen molar-refractivity contribution in [3.05, 3.63) is 65.2 Å². The second-order valence-corrected chi connectivity index (χ2v) is 16.2. The first kappa shape index (κ1) is 35.8. The van der Waals surface area contributed by atoms with E-state index in [-0.39, 0.29) is 17.9 Å². The van der Waals surface area contributed by atoms with Crippen LogP contribution in [0.15, 0.2) is 48.5 Å². The molecule has 2 aromatic carbocycles. The van der Waals surface area contributed by atoms with Crippen molar-refractivity contribution in [2.45, 2.75) is 105 Å². The Balaban J connectivity index is 1.32. The number of hydroxylamine groups is 2. The van der Waals surface area contributed by atoms with Crippen molar-refractivity contribution < 1.29 is 19.8 Å². The van der Waals surface area contributed by atoms with Gasteiger partial charge < -0.3 is 20.4 Å². The Bertz CT molecular complexity index is 1340. The van der Waals surface area contributed by atoms with Crippen LogP contribution in [0.5, 0.6) is 5.75 Å². The predicted molar refractivity (Wildman–Crippen MR) is 187 cm³/mol. The molecule has 3 saturated carbocycles. The number of likely N-dealkylation sites (N-methyl/N-ethyl adjacent to an activating group) is 1. The Labute approximate surface area is 283 Å². The van der Waals surface area contributed by atoms with Crippen LogP contribution in [0.2, 0.25) is 0 Å². The van der Waals surface area contributed by atoms with Crippen LogP contribution < -0.4 is 5.32 Å². The number of phenols is 1. The van der Waals surface area contributed by atoms with Crippen LogP contribution in [0.4, 0.5) is 0 Å². The van der Waals surface area contributed by atoms with Gasteiger partial charge in [-0.05, 0) is 86.6 Å². The van der Waals surface area contributed by atoms with Crippen molar-refractivity contribution in [2.75, 3.05) is 27.2 Å². The van der Waals surface area contributed by atoms with E-state index in [2.05, 4.69) is 88.1 Å². The molecule has 8 heteroatoms. The van der Waals surface area contributed by atoms with E-state index in [1.165, 1.54) is 12.0 Å². The molecule has 3 N–H and O–H groups in total. The maximum atomic E-state index is 13.9. The number of nitrogens with one attached hydrogen (secondary N) is 1. The lowest BCUT2D eigenvalue weighted by molar-refractivity contribution is -0.161. The zero-order valence-corrected chi connectivity index (χ0v) is 30.0. The van der Waals surface area contributed by atoms with E-state index in [1.54, 1.807) is 18.1 Å². The maximum Gasteiger partial charge on any atom is 0.240 e. The number of benzene rings is 2.